The van der Waals surface area contributed by atoms with E-state index in [9.17, 15) is 9.59 Å². The van der Waals surface area contributed by atoms with Gasteiger partial charge in [-0.05, 0) is 18.8 Å². The van der Waals surface area contributed by atoms with Crippen LogP contribution in [-0.4, -0.2) is 46.6 Å². The Morgan fingerprint density at radius 1 is 1.48 bits per heavy atom. The van der Waals surface area contributed by atoms with E-state index in [0.29, 0.717) is 16.0 Å². The number of hydrogen-bond donors (Lipinski definition) is 3. The van der Waals surface area contributed by atoms with Crippen molar-refractivity contribution < 1.29 is 14.3 Å². The standard InChI is InChI=1S/C13H21N5O3S2/c1-7(2)9(10(19)16-11(14)20)22-13-18-17-12(23-13)15-6-8-4-3-5-21-8/h7-9H,3-6H2,1-2H3,(H,15,17)(H3,14,16,19,20). The highest BCUT2D eigenvalue weighted by Crippen LogP contribution is 2.32. The third kappa shape index (κ3) is 5.63. The molecule has 1 aliphatic rings. The minimum absolute atomic E-state index is 0.0200. The molecule has 0 aliphatic carbocycles. The minimum Gasteiger partial charge on any atom is -0.376 e. The normalized spacial score (nSPS) is 18.8. The number of primary amides is 1. The van der Waals surface area contributed by atoms with E-state index in [1.165, 1.54) is 23.1 Å². The lowest BCUT2D eigenvalue weighted by Gasteiger charge is -2.16. The first kappa shape index (κ1) is 18.0. The summed E-state index contributed by atoms with van der Waals surface area (Å²) in [5, 5.41) is 13.7. The molecule has 0 bridgehead atoms. The van der Waals surface area contributed by atoms with Crippen LogP contribution >= 0.6 is 23.1 Å². The lowest BCUT2D eigenvalue weighted by molar-refractivity contribution is -0.120. The molecule has 0 aromatic carbocycles. The first-order chi connectivity index (χ1) is 11.0. The second kappa shape index (κ2) is 8.46. The number of nitrogens with one attached hydrogen (secondary N) is 2. The molecule has 0 saturated carbocycles. The number of rotatable bonds is 7. The predicted molar refractivity (Wildman–Crippen MR) is 89.6 cm³/mol. The van der Waals surface area contributed by atoms with Gasteiger partial charge in [0, 0.05) is 13.2 Å². The summed E-state index contributed by atoms with van der Waals surface area (Å²) in [7, 11) is 0. The van der Waals surface area contributed by atoms with Crippen molar-refractivity contribution in [3.63, 3.8) is 0 Å². The molecule has 0 spiro atoms. The Morgan fingerprint density at radius 2 is 2.26 bits per heavy atom. The quantitative estimate of drug-likeness (QED) is 0.630. The number of amides is 3. The second-order valence-electron chi connectivity index (χ2n) is 5.53. The second-order valence-corrected chi connectivity index (χ2v) is 7.89. The number of imide groups is 1. The van der Waals surface area contributed by atoms with Gasteiger partial charge in [-0.15, -0.1) is 10.2 Å². The molecular formula is C13H21N5O3S2. The summed E-state index contributed by atoms with van der Waals surface area (Å²) in [4.78, 5) is 22.8. The molecule has 23 heavy (non-hydrogen) atoms. The zero-order chi connectivity index (χ0) is 16.8. The molecule has 8 nitrogen and oxygen atoms in total. The molecule has 1 aliphatic heterocycles. The van der Waals surface area contributed by atoms with Crippen molar-refractivity contribution in [1.82, 2.24) is 15.5 Å². The molecule has 1 aromatic heterocycles. The number of ether oxygens (including phenoxy) is 1. The number of carbonyl (C=O) groups excluding carboxylic acids is 2. The van der Waals surface area contributed by atoms with Gasteiger partial charge in [-0.3, -0.25) is 10.1 Å². The van der Waals surface area contributed by atoms with Crippen LogP contribution in [0, 0.1) is 5.92 Å². The van der Waals surface area contributed by atoms with Gasteiger partial charge in [0.25, 0.3) is 0 Å². The maximum absolute atomic E-state index is 12.0. The van der Waals surface area contributed by atoms with Gasteiger partial charge < -0.3 is 15.8 Å². The van der Waals surface area contributed by atoms with Crippen molar-refractivity contribution in [2.24, 2.45) is 11.7 Å². The number of thioether (sulfide) groups is 1. The van der Waals surface area contributed by atoms with Gasteiger partial charge in [-0.1, -0.05) is 36.9 Å². The van der Waals surface area contributed by atoms with Crippen LogP contribution in [0.2, 0.25) is 0 Å². The summed E-state index contributed by atoms with van der Waals surface area (Å²) in [5.41, 5.74) is 5.00. The molecule has 2 atom stereocenters. The third-order valence-electron chi connectivity index (χ3n) is 3.25. The molecule has 3 amide bonds. The predicted octanol–water partition coefficient (Wildman–Crippen LogP) is 1.44. The van der Waals surface area contributed by atoms with E-state index in [0.717, 1.165) is 19.4 Å². The van der Waals surface area contributed by atoms with Crippen molar-refractivity contribution in [2.45, 2.75) is 42.4 Å². The van der Waals surface area contributed by atoms with Crippen LogP contribution in [0.25, 0.3) is 0 Å². The molecule has 1 aromatic rings. The Balaban J connectivity index is 1.89. The van der Waals surface area contributed by atoms with Gasteiger partial charge in [0.2, 0.25) is 11.0 Å². The van der Waals surface area contributed by atoms with E-state index in [1.54, 1.807) is 0 Å². The van der Waals surface area contributed by atoms with E-state index in [4.69, 9.17) is 10.5 Å². The highest BCUT2D eigenvalue weighted by atomic mass is 32.2. The van der Waals surface area contributed by atoms with Crippen LogP contribution in [0.1, 0.15) is 26.7 Å². The molecule has 0 radical (unpaired) electrons. The number of nitrogens with two attached hydrogens (primary N) is 1. The molecular weight excluding hydrogens is 338 g/mol. The molecule has 10 heteroatoms. The summed E-state index contributed by atoms with van der Waals surface area (Å²) in [6.45, 7) is 5.31. The fourth-order valence-corrected chi connectivity index (χ4v) is 4.10. The highest BCUT2D eigenvalue weighted by Gasteiger charge is 2.26. The Morgan fingerprint density at radius 3 is 2.87 bits per heavy atom. The largest absolute Gasteiger partial charge is 0.376 e. The van der Waals surface area contributed by atoms with Gasteiger partial charge in [0.15, 0.2) is 4.34 Å². The topological polar surface area (TPSA) is 119 Å². The number of aromatic nitrogens is 2. The van der Waals surface area contributed by atoms with E-state index in [2.05, 4.69) is 20.8 Å². The highest BCUT2D eigenvalue weighted by molar-refractivity contribution is 8.02. The molecule has 2 heterocycles. The molecule has 2 unspecified atom stereocenters. The van der Waals surface area contributed by atoms with Crippen LogP contribution in [0.15, 0.2) is 4.34 Å². The van der Waals surface area contributed by atoms with Gasteiger partial charge >= 0.3 is 6.03 Å². The number of urea groups is 1. The Labute approximate surface area is 142 Å². The molecule has 1 saturated heterocycles. The zero-order valence-corrected chi connectivity index (χ0v) is 14.7. The molecule has 4 N–H and O–H groups in total. The Bertz CT molecular complexity index is 545. The first-order valence-corrected chi connectivity index (χ1v) is 9.11. The molecule has 128 valence electrons. The number of nitrogens with zero attached hydrogens (tertiary/aromatic N) is 2. The molecule has 2 rings (SSSR count). The monoisotopic (exact) mass is 359 g/mol. The first-order valence-electron chi connectivity index (χ1n) is 7.41. The SMILES string of the molecule is CC(C)C(Sc1nnc(NCC2CCCO2)s1)C(=O)NC(N)=O. The van der Waals surface area contributed by atoms with Crippen molar-refractivity contribution in [3.05, 3.63) is 0 Å². The van der Waals surface area contributed by atoms with E-state index < -0.39 is 17.2 Å². The summed E-state index contributed by atoms with van der Waals surface area (Å²) in [6.07, 6.45) is 2.37. The van der Waals surface area contributed by atoms with Gasteiger partial charge in [0.1, 0.15) is 0 Å². The smallest absolute Gasteiger partial charge is 0.318 e. The van der Waals surface area contributed by atoms with Gasteiger partial charge in [0.05, 0.1) is 11.4 Å². The maximum Gasteiger partial charge on any atom is 0.318 e. The summed E-state index contributed by atoms with van der Waals surface area (Å²) in [6, 6.07) is -0.850. The van der Waals surface area contributed by atoms with Crippen LogP contribution in [0.3, 0.4) is 0 Å². The van der Waals surface area contributed by atoms with Crippen molar-refractivity contribution in [3.8, 4) is 0 Å². The Hall–Kier alpha value is -1.39. The van der Waals surface area contributed by atoms with Gasteiger partial charge in [-0.25, -0.2) is 4.79 Å². The van der Waals surface area contributed by atoms with E-state index in [1.807, 2.05) is 13.8 Å². The fraction of sp³-hybridized carbons (Fsp3) is 0.692. The third-order valence-corrected chi connectivity index (χ3v) is 5.76. The lowest BCUT2D eigenvalue weighted by Crippen LogP contribution is -2.42. The zero-order valence-electron chi connectivity index (χ0n) is 13.1. The van der Waals surface area contributed by atoms with Crippen LogP contribution in [0.5, 0.6) is 0 Å². The number of hydrogen-bond acceptors (Lipinski definition) is 8. The van der Waals surface area contributed by atoms with Crippen LogP contribution in [-0.2, 0) is 9.53 Å². The van der Waals surface area contributed by atoms with E-state index >= 15 is 0 Å². The maximum atomic E-state index is 12.0. The van der Waals surface area contributed by atoms with Crippen LogP contribution < -0.4 is 16.4 Å². The summed E-state index contributed by atoms with van der Waals surface area (Å²) < 4.78 is 6.20. The number of carbonyl (C=O) groups is 2. The minimum atomic E-state index is -0.850. The average Bonchev–Trinajstić information content (AvgIpc) is 3.13. The van der Waals surface area contributed by atoms with Crippen molar-refractivity contribution in [2.75, 3.05) is 18.5 Å². The number of anilines is 1. The fourth-order valence-electron chi connectivity index (χ4n) is 2.13. The Kier molecular flexibility index (Phi) is 6.60. The summed E-state index contributed by atoms with van der Waals surface area (Å²) >= 11 is 2.66. The van der Waals surface area contributed by atoms with Crippen molar-refractivity contribution >= 4 is 40.2 Å². The van der Waals surface area contributed by atoms with Crippen molar-refractivity contribution in [1.29, 1.82) is 0 Å². The van der Waals surface area contributed by atoms with Crippen LogP contribution in [0.4, 0.5) is 9.93 Å². The van der Waals surface area contributed by atoms with Gasteiger partial charge in [-0.2, -0.15) is 0 Å². The lowest BCUT2D eigenvalue weighted by atomic mass is 10.1. The molecule has 1 fully saturated rings. The summed E-state index contributed by atoms with van der Waals surface area (Å²) in [5.74, 6) is -0.395. The average molecular weight is 359 g/mol. The van der Waals surface area contributed by atoms with E-state index in [-0.39, 0.29) is 12.0 Å².